The van der Waals surface area contributed by atoms with Gasteiger partial charge in [0.15, 0.2) is 17.5 Å². The third-order valence-electron chi connectivity index (χ3n) is 3.87. The van der Waals surface area contributed by atoms with Crippen molar-refractivity contribution in [3.63, 3.8) is 0 Å². The third-order valence-corrected chi connectivity index (χ3v) is 3.87. The molecule has 10 heteroatoms. The van der Waals surface area contributed by atoms with Crippen LogP contribution in [0.15, 0.2) is 47.3 Å². The van der Waals surface area contributed by atoms with Crippen LogP contribution in [0, 0.1) is 23.3 Å². The summed E-state index contributed by atoms with van der Waals surface area (Å²) in [5.74, 6) is -5.79. The number of nitrogens with zero attached hydrogens (tertiary/aromatic N) is 2. The van der Waals surface area contributed by atoms with Crippen LogP contribution in [-0.2, 0) is 11.3 Å². The van der Waals surface area contributed by atoms with Crippen molar-refractivity contribution in [2.45, 2.75) is 6.54 Å². The highest BCUT2D eigenvalue weighted by molar-refractivity contribution is 5.90. The summed E-state index contributed by atoms with van der Waals surface area (Å²) in [6.45, 7) is -0.587. The second-order valence-corrected chi connectivity index (χ2v) is 5.86. The maximum Gasteiger partial charge on any atom is 0.267 e. The van der Waals surface area contributed by atoms with E-state index in [2.05, 4.69) is 10.4 Å². The van der Waals surface area contributed by atoms with E-state index in [1.165, 1.54) is 25.3 Å². The van der Waals surface area contributed by atoms with E-state index in [4.69, 9.17) is 4.74 Å². The Bertz CT molecular complexity index is 1120. The number of carbonyl (C=O) groups excluding carboxylic acids is 1. The predicted molar refractivity (Wildman–Crippen MR) is 95.4 cm³/mol. The van der Waals surface area contributed by atoms with Crippen LogP contribution in [0.2, 0.25) is 0 Å². The molecule has 0 atom stereocenters. The molecule has 6 nitrogen and oxygen atoms in total. The molecular formula is C19H13F4N3O3. The van der Waals surface area contributed by atoms with Crippen molar-refractivity contribution in [3.05, 3.63) is 76.1 Å². The lowest BCUT2D eigenvalue weighted by Gasteiger charge is -2.11. The van der Waals surface area contributed by atoms with Crippen LogP contribution in [0.4, 0.5) is 23.2 Å². The SMILES string of the molecule is COc1cc(F)ccc1-c1ccc(=O)n(CC(=O)Nc2cc(F)c(F)c(F)c2)n1. The summed E-state index contributed by atoms with van der Waals surface area (Å²) in [4.78, 5) is 24.1. The monoisotopic (exact) mass is 407 g/mol. The molecule has 0 bridgehead atoms. The second-order valence-electron chi connectivity index (χ2n) is 5.86. The number of anilines is 1. The summed E-state index contributed by atoms with van der Waals surface area (Å²) in [5, 5.41) is 6.20. The van der Waals surface area contributed by atoms with Crippen molar-refractivity contribution >= 4 is 11.6 Å². The first kappa shape index (κ1) is 20.1. The Hall–Kier alpha value is -3.69. The van der Waals surface area contributed by atoms with E-state index in [1.807, 2.05) is 0 Å². The van der Waals surface area contributed by atoms with Gasteiger partial charge < -0.3 is 10.1 Å². The zero-order valence-electron chi connectivity index (χ0n) is 14.9. The Morgan fingerprint density at radius 1 is 1.07 bits per heavy atom. The molecule has 0 aliphatic rings. The number of amides is 1. The third kappa shape index (κ3) is 4.42. The molecule has 0 aliphatic carbocycles. The topological polar surface area (TPSA) is 73.2 Å². The molecule has 29 heavy (non-hydrogen) atoms. The van der Waals surface area contributed by atoms with Gasteiger partial charge in [0.1, 0.15) is 18.1 Å². The zero-order chi connectivity index (χ0) is 21.1. The fraction of sp³-hybridized carbons (Fsp3) is 0.105. The van der Waals surface area contributed by atoms with Gasteiger partial charge >= 0.3 is 0 Å². The molecule has 1 amide bonds. The fourth-order valence-electron chi connectivity index (χ4n) is 2.55. The molecule has 3 aromatic rings. The van der Waals surface area contributed by atoms with Crippen LogP contribution >= 0.6 is 0 Å². The number of ether oxygens (including phenoxy) is 1. The quantitative estimate of drug-likeness (QED) is 0.521. The molecule has 150 valence electrons. The van der Waals surface area contributed by atoms with Gasteiger partial charge in [-0.2, -0.15) is 5.10 Å². The van der Waals surface area contributed by atoms with Crippen molar-refractivity contribution in [2.24, 2.45) is 0 Å². The summed E-state index contributed by atoms with van der Waals surface area (Å²) in [6, 6.07) is 7.44. The van der Waals surface area contributed by atoms with Gasteiger partial charge in [-0.3, -0.25) is 9.59 Å². The molecule has 1 aromatic heterocycles. The fourth-order valence-corrected chi connectivity index (χ4v) is 2.55. The van der Waals surface area contributed by atoms with Gasteiger partial charge in [-0.05, 0) is 18.2 Å². The number of methoxy groups -OCH3 is 1. The first-order valence-electron chi connectivity index (χ1n) is 8.15. The van der Waals surface area contributed by atoms with Crippen LogP contribution in [0.1, 0.15) is 0 Å². The lowest BCUT2D eigenvalue weighted by atomic mass is 10.1. The van der Waals surface area contributed by atoms with Crippen LogP contribution in [0.5, 0.6) is 5.75 Å². The van der Waals surface area contributed by atoms with Crippen molar-refractivity contribution in [3.8, 4) is 17.0 Å². The van der Waals surface area contributed by atoms with Crippen LogP contribution < -0.4 is 15.6 Å². The molecule has 0 saturated carbocycles. The number of carbonyl (C=O) groups is 1. The minimum absolute atomic E-state index is 0.171. The van der Waals surface area contributed by atoms with E-state index in [0.29, 0.717) is 17.7 Å². The Morgan fingerprint density at radius 3 is 2.41 bits per heavy atom. The van der Waals surface area contributed by atoms with Crippen molar-refractivity contribution in [1.29, 1.82) is 0 Å². The van der Waals surface area contributed by atoms with Gasteiger partial charge in [0.2, 0.25) is 5.91 Å². The molecule has 0 spiro atoms. The number of hydrogen-bond acceptors (Lipinski definition) is 4. The molecule has 2 aromatic carbocycles. The predicted octanol–water partition coefficient (Wildman–Crippen LogP) is 3.11. The van der Waals surface area contributed by atoms with Gasteiger partial charge in [-0.1, -0.05) is 0 Å². The Labute approximate surface area is 161 Å². The lowest BCUT2D eigenvalue weighted by molar-refractivity contribution is -0.117. The van der Waals surface area contributed by atoms with Crippen LogP contribution in [0.25, 0.3) is 11.3 Å². The van der Waals surface area contributed by atoms with E-state index < -0.39 is 41.3 Å². The zero-order valence-corrected chi connectivity index (χ0v) is 14.9. The van der Waals surface area contributed by atoms with E-state index in [9.17, 15) is 27.2 Å². The van der Waals surface area contributed by atoms with Gasteiger partial charge in [0.25, 0.3) is 5.56 Å². The standard InChI is InChI=1S/C19H13F4N3O3/c1-29-16-6-10(20)2-3-12(16)15-4-5-18(28)26(25-15)9-17(27)24-11-7-13(21)19(23)14(22)8-11/h2-8H,9H2,1H3,(H,24,27). The molecule has 0 radical (unpaired) electrons. The highest BCUT2D eigenvalue weighted by Gasteiger charge is 2.15. The number of nitrogens with one attached hydrogen (secondary N) is 1. The lowest BCUT2D eigenvalue weighted by Crippen LogP contribution is -2.29. The van der Waals surface area contributed by atoms with E-state index in [-0.39, 0.29) is 17.1 Å². The summed E-state index contributed by atoms with van der Waals surface area (Å²) in [6.07, 6.45) is 0. The minimum Gasteiger partial charge on any atom is -0.496 e. The highest BCUT2D eigenvalue weighted by atomic mass is 19.2. The molecule has 0 saturated heterocycles. The molecular weight excluding hydrogens is 394 g/mol. The van der Waals surface area contributed by atoms with Gasteiger partial charge in [-0.25, -0.2) is 22.2 Å². The smallest absolute Gasteiger partial charge is 0.267 e. The first-order valence-corrected chi connectivity index (χ1v) is 8.15. The van der Waals surface area contributed by atoms with Gasteiger partial charge in [0.05, 0.1) is 12.8 Å². The van der Waals surface area contributed by atoms with Crippen LogP contribution in [0.3, 0.4) is 0 Å². The average Bonchev–Trinajstić information content (AvgIpc) is 2.67. The first-order chi connectivity index (χ1) is 13.8. The normalized spacial score (nSPS) is 10.7. The minimum atomic E-state index is -1.66. The Kier molecular flexibility index (Phi) is 5.62. The van der Waals surface area contributed by atoms with E-state index >= 15 is 0 Å². The maximum absolute atomic E-state index is 13.4. The highest BCUT2D eigenvalue weighted by Crippen LogP contribution is 2.28. The van der Waals surface area contributed by atoms with E-state index in [1.54, 1.807) is 0 Å². The number of halogens is 4. The van der Waals surface area contributed by atoms with Crippen molar-refractivity contribution < 1.29 is 27.1 Å². The van der Waals surface area contributed by atoms with Gasteiger partial charge in [0, 0.05) is 35.5 Å². The summed E-state index contributed by atoms with van der Waals surface area (Å²) < 4.78 is 58.8. The van der Waals surface area contributed by atoms with Crippen LogP contribution in [-0.4, -0.2) is 22.8 Å². The Morgan fingerprint density at radius 2 is 1.76 bits per heavy atom. The number of rotatable bonds is 5. The van der Waals surface area contributed by atoms with E-state index in [0.717, 1.165) is 16.8 Å². The largest absolute Gasteiger partial charge is 0.496 e. The second kappa shape index (κ2) is 8.13. The molecule has 0 fully saturated rings. The van der Waals surface area contributed by atoms with Gasteiger partial charge in [-0.15, -0.1) is 0 Å². The summed E-state index contributed by atoms with van der Waals surface area (Å²) in [5.41, 5.74) is -0.337. The average molecular weight is 407 g/mol. The summed E-state index contributed by atoms with van der Waals surface area (Å²) in [7, 11) is 1.34. The number of hydrogen-bond donors (Lipinski definition) is 1. The number of benzene rings is 2. The van der Waals surface area contributed by atoms with Crippen molar-refractivity contribution in [1.82, 2.24) is 9.78 Å². The molecule has 1 heterocycles. The molecule has 1 N–H and O–H groups in total. The molecule has 0 unspecified atom stereocenters. The number of aromatic nitrogens is 2. The summed E-state index contributed by atoms with van der Waals surface area (Å²) >= 11 is 0. The maximum atomic E-state index is 13.4. The van der Waals surface area contributed by atoms with Crippen molar-refractivity contribution in [2.75, 3.05) is 12.4 Å². The molecule has 3 rings (SSSR count). The Balaban J connectivity index is 1.86. The molecule has 0 aliphatic heterocycles.